The molecule has 2 aromatic rings. The van der Waals surface area contributed by atoms with Gasteiger partial charge in [-0.2, -0.15) is 5.10 Å². The number of hydrogen-bond acceptors (Lipinski definition) is 4. The molecular weight excluding hydrogens is 371 g/mol. The molecule has 1 heterocycles. The van der Waals surface area contributed by atoms with Gasteiger partial charge >= 0.3 is 0 Å². The highest BCUT2D eigenvalue weighted by Crippen LogP contribution is 2.17. The van der Waals surface area contributed by atoms with Crippen LogP contribution in [0, 0.1) is 19.7 Å². The quantitative estimate of drug-likeness (QED) is 0.605. The van der Waals surface area contributed by atoms with E-state index in [0.717, 1.165) is 36.6 Å². The lowest BCUT2D eigenvalue weighted by atomic mass is 10.1. The predicted octanol–water partition coefficient (Wildman–Crippen LogP) is 2.39. The number of ether oxygens (including phenoxy) is 1. The number of methoxy groups -OCH3 is 1. The lowest BCUT2D eigenvalue weighted by Crippen LogP contribution is -2.25. The average molecular weight is 397 g/mol. The van der Waals surface area contributed by atoms with Crippen LogP contribution < -0.4 is 10.6 Å². The maximum Gasteiger partial charge on any atom is 0.224 e. The fourth-order valence-electron chi connectivity index (χ4n) is 2.77. The average Bonchev–Trinajstić information content (AvgIpc) is 2.88. The van der Waals surface area contributed by atoms with Gasteiger partial charge in [0.1, 0.15) is 5.82 Å². The molecule has 0 aliphatic heterocycles. The van der Waals surface area contributed by atoms with Gasteiger partial charge in [-0.15, -0.1) is 0 Å². The molecule has 0 unspecified atom stereocenters. The normalized spacial score (nSPS) is 11.0. The Hall–Kier alpha value is -1.96. The lowest BCUT2D eigenvalue weighted by molar-refractivity contribution is -0.120. The molecule has 0 spiro atoms. The van der Waals surface area contributed by atoms with Crippen LogP contribution in [0.2, 0.25) is 5.02 Å². The van der Waals surface area contributed by atoms with E-state index < -0.39 is 5.82 Å². The van der Waals surface area contributed by atoms with Crippen molar-refractivity contribution in [2.45, 2.75) is 33.4 Å². The molecule has 1 aromatic carbocycles. The van der Waals surface area contributed by atoms with Gasteiger partial charge in [-0.3, -0.25) is 9.48 Å². The minimum Gasteiger partial charge on any atom is -0.383 e. The number of benzene rings is 1. The fraction of sp³-hybridized carbons (Fsp3) is 0.474. The van der Waals surface area contributed by atoms with Gasteiger partial charge in [0, 0.05) is 43.0 Å². The second-order valence-electron chi connectivity index (χ2n) is 6.30. The third kappa shape index (κ3) is 6.30. The number of carbonyl (C=O) groups is 1. The molecule has 27 heavy (non-hydrogen) atoms. The Kier molecular flexibility index (Phi) is 8.22. The largest absolute Gasteiger partial charge is 0.383 e. The molecule has 6 nitrogen and oxygen atoms in total. The van der Waals surface area contributed by atoms with Crippen molar-refractivity contribution >= 4 is 17.5 Å². The molecule has 2 N–H and O–H groups in total. The summed E-state index contributed by atoms with van der Waals surface area (Å²) in [4.78, 5) is 12.3. The van der Waals surface area contributed by atoms with E-state index in [9.17, 15) is 9.18 Å². The van der Waals surface area contributed by atoms with Crippen molar-refractivity contribution in [2.24, 2.45) is 0 Å². The highest BCUT2D eigenvalue weighted by atomic mass is 35.5. The smallest absolute Gasteiger partial charge is 0.224 e. The molecule has 0 aliphatic carbocycles. The van der Waals surface area contributed by atoms with E-state index in [1.807, 2.05) is 18.5 Å². The van der Waals surface area contributed by atoms with Gasteiger partial charge in [-0.1, -0.05) is 17.7 Å². The zero-order chi connectivity index (χ0) is 19.8. The van der Waals surface area contributed by atoms with Crippen LogP contribution in [-0.4, -0.2) is 42.5 Å². The van der Waals surface area contributed by atoms with Gasteiger partial charge in [0.25, 0.3) is 0 Å². The summed E-state index contributed by atoms with van der Waals surface area (Å²) in [6, 6.07) is 4.14. The van der Waals surface area contributed by atoms with Crippen molar-refractivity contribution in [3.63, 3.8) is 0 Å². The highest BCUT2D eigenvalue weighted by Gasteiger charge is 2.15. The third-order valence-corrected chi connectivity index (χ3v) is 4.70. The summed E-state index contributed by atoms with van der Waals surface area (Å²) in [5.41, 5.74) is 3.43. The number of carbonyl (C=O) groups excluding carboxylic acids is 1. The van der Waals surface area contributed by atoms with Crippen LogP contribution in [0.4, 0.5) is 4.39 Å². The third-order valence-electron chi connectivity index (χ3n) is 4.34. The van der Waals surface area contributed by atoms with Crippen molar-refractivity contribution in [1.82, 2.24) is 20.4 Å². The number of halogens is 2. The first-order valence-electron chi connectivity index (χ1n) is 8.85. The summed E-state index contributed by atoms with van der Waals surface area (Å²) in [6.45, 7) is 7.09. The standard InChI is InChI=1S/C19H26ClFN4O2/c1-13-17(14(2)25(24-13)8-6-22-7-9-27-3)11-19(26)23-12-15-4-5-16(21)10-18(15)20/h4-5,10,22H,6-9,11-12H2,1-3H3,(H,23,26). The Morgan fingerprint density at radius 1 is 1.33 bits per heavy atom. The number of aromatic nitrogens is 2. The Morgan fingerprint density at radius 2 is 2.11 bits per heavy atom. The monoisotopic (exact) mass is 396 g/mol. The molecule has 0 aliphatic rings. The predicted molar refractivity (Wildman–Crippen MR) is 103 cm³/mol. The van der Waals surface area contributed by atoms with Crippen molar-refractivity contribution in [3.05, 3.63) is 51.6 Å². The van der Waals surface area contributed by atoms with Crippen LogP contribution in [0.1, 0.15) is 22.5 Å². The maximum atomic E-state index is 13.1. The lowest BCUT2D eigenvalue weighted by Gasteiger charge is -2.09. The van der Waals surface area contributed by atoms with Crippen LogP contribution in [0.15, 0.2) is 18.2 Å². The summed E-state index contributed by atoms with van der Waals surface area (Å²) < 4.78 is 20.0. The van der Waals surface area contributed by atoms with Crippen LogP contribution >= 0.6 is 11.6 Å². The molecule has 8 heteroatoms. The zero-order valence-corrected chi connectivity index (χ0v) is 16.7. The fourth-order valence-corrected chi connectivity index (χ4v) is 3.01. The first-order valence-corrected chi connectivity index (χ1v) is 9.23. The Bertz CT molecular complexity index is 779. The molecule has 2 rings (SSSR count). The first kappa shape index (κ1) is 21.3. The molecule has 0 saturated heterocycles. The summed E-state index contributed by atoms with van der Waals surface area (Å²) in [6.07, 6.45) is 0.244. The molecule has 0 atom stereocenters. The minimum atomic E-state index is -0.398. The summed E-state index contributed by atoms with van der Waals surface area (Å²) in [5, 5.41) is 10.9. The van der Waals surface area contributed by atoms with Gasteiger partial charge in [-0.05, 0) is 31.5 Å². The van der Waals surface area contributed by atoms with Crippen molar-refractivity contribution in [2.75, 3.05) is 26.8 Å². The molecule has 0 fully saturated rings. The Balaban J connectivity index is 1.89. The van der Waals surface area contributed by atoms with Crippen LogP contribution in [0.3, 0.4) is 0 Å². The van der Waals surface area contributed by atoms with E-state index in [2.05, 4.69) is 15.7 Å². The molecule has 148 valence electrons. The van der Waals surface area contributed by atoms with E-state index in [-0.39, 0.29) is 18.9 Å². The topological polar surface area (TPSA) is 68.2 Å². The maximum absolute atomic E-state index is 13.1. The van der Waals surface area contributed by atoms with Gasteiger partial charge in [-0.25, -0.2) is 4.39 Å². The van der Waals surface area contributed by atoms with Crippen molar-refractivity contribution in [3.8, 4) is 0 Å². The van der Waals surface area contributed by atoms with Gasteiger partial charge in [0.15, 0.2) is 0 Å². The number of nitrogens with zero attached hydrogens (tertiary/aromatic N) is 2. The van der Waals surface area contributed by atoms with Gasteiger partial charge < -0.3 is 15.4 Å². The number of rotatable bonds is 10. The minimum absolute atomic E-state index is 0.126. The van der Waals surface area contributed by atoms with E-state index >= 15 is 0 Å². The van der Waals surface area contributed by atoms with Crippen LogP contribution in [0.5, 0.6) is 0 Å². The first-order chi connectivity index (χ1) is 12.9. The molecule has 0 radical (unpaired) electrons. The van der Waals surface area contributed by atoms with Crippen molar-refractivity contribution in [1.29, 1.82) is 0 Å². The summed E-state index contributed by atoms with van der Waals surface area (Å²) >= 11 is 5.99. The van der Waals surface area contributed by atoms with E-state index in [4.69, 9.17) is 16.3 Å². The molecule has 0 bridgehead atoms. The highest BCUT2D eigenvalue weighted by molar-refractivity contribution is 6.31. The van der Waals surface area contributed by atoms with Crippen molar-refractivity contribution < 1.29 is 13.9 Å². The molecule has 0 saturated carbocycles. The Morgan fingerprint density at radius 3 is 2.81 bits per heavy atom. The number of hydrogen-bond donors (Lipinski definition) is 2. The molecular formula is C19H26ClFN4O2. The number of aryl methyl sites for hydroxylation is 1. The van der Waals surface area contributed by atoms with Gasteiger partial charge in [0.2, 0.25) is 5.91 Å². The van der Waals surface area contributed by atoms with E-state index in [0.29, 0.717) is 17.2 Å². The van der Waals surface area contributed by atoms with Crippen LogP contribution in [-0.2, 0) is 29.0 Å². The molecule has 1 aromatic heterocycles. The molecule has 1 amide bonds. The van der Waals surface area contributed by atoms with Crippen LogP contribution in [0.25, 0.3) is 0 Å². The number of amides is 1. The second-order valence-corrected chi connectivity index (χ2v) is 6.71. The van der Waals surface area contributed by atoms with E-state index in [1.54, 1.807) is 13.2 Å². The summed E-state index contributed by atoms with van der Waals surface area (Å²) in [5.74, 6) is -0.523. The second kappa shape index (κ2) is 10.4. The Labute approximate surface area is 164 Å². The summed E-state index contributed by atoms with van der Waals surface area (Å²) in [7, 11) is 1.67. The van der Waals surface area contributed by atoms with E-state index in [1.165, 1.54) is 12.1 Å². The number of nitrogens with one attached hydrogen (secondary N) is 2. The SMILES string of the molecule is COCCNCCn1nc(C)c(CC(=O)NCc2ccc(F)cc2Cl)c1C. The zero-order valence-electron chi connectivity index (χ0n) is 15.9. The van der Waals surface area contributed by atoms with Gasteiger partial charge in [0.05, 0.1) is 25.3 Å².